The van der Waals surface area contributed by atoms with E-state index in [1.54, 1.807) is 18.2 Å². The van der Waals surface area contributed by atoms with E-state index < -0.39 is 5.91 Å². The van der Waals surface area contributed by atoms with E-state index in [1.165, 1.54) is 13.2 Å². The second kappa shape index (κ2) is 11.6. The fourth-order valence-corrected chi connectivity index (χ4v) is 4.31. The molecule has 8 heteroatoms. The van der Waals surface area contributed by atoms with Gasteiger partial charge in [0.15, 0.2) is 11.5 Å². The Kier molecular flexibility index (Phi) is 8.84. The molecular weight excluding hydrogens is 586 g/mol. The summed E-state index contributed by atoms with van der Waals surface area (Å²) in [5.74, 6) is 0.540. The third-order valence-corrected chi connectivity index (χ3v) is 6.47. The second-order valence-electron chi connectivity index (χ2n) is 7.51. The number of nitrogens with zero attached hydrogens (tertiary/aromatic N) is 1. The van der Waals surface area contributed by atoms with Gasteiger partial charge in [-0.2, -0.15) is 5.26 Å². The lowest BCUT2D eigenvalue weighted by molar-refractivity contribution is -0.112. The van der Waals surface area contributed by atoms with Crippen molar-refractivity contribution >= 4 is 63.5 Å². The lowest BCUT2D eigenvalue weighted by atomic mass is 10.1. The number of halogens is 3. The van der Waals surface area contributed by atoms with Crippen molar-refractivity contribution in [1.29, 1.82) is 5.26 Å². The number of benzene rings is 3. The lowest BCUT2D eigenvalue weighted by Gasteiger charge is -2.14. The van der Waals surface area contributed by atoms with E-state index in [0.29, 0.717) is 32.8 Å². The van der Waals surface area contributed by atoms with Gasteiger partial charge in [0.2, 0.25) is 0 Å². The maximum absolute atomic E-state index is 12.7. The molecule has 0 bridgehead atoms. The fourth-order valence-electron chi connectivity index (χ4n) is 3.21. The molecule has 0 radical (unpaired) electrons. The van der Waals surface area contributed by atoms with Crippen LogP contribution in [0.25, 0.3) is 6.08 Å². The van der Waals surface area contributed by atoms with Crippen LogP contribution >= 0.6 is 45.8 Å². The summed E-state index contributed by atoms with van der Waals surface area (Å²) in [6.07, 6.45) is 1.52. The zero-order valence-corrected chi connectivity index (χ0v) is 22.4. The number of nitriles is 1. The van der Waals surface area contributed by atoms with Gasteiger partial charge in [-0.25, -0.2) is 0 Å². The first kappa shape index (κ1) is 25.9. The molecule has 0 aliphatic carbocycles. The van der Waals surface area contributed by atoms with Gasteiger partial charge in [0, 0.05) is 5.69 Å². The molecule has 174 valence electrons. The molecule has 5 nitrogen and oxygen atoms in total. The van der Waals surface area contributed by atoms with Crippen molar-refractivity contribution in [3.05, 3.63) is 90.0 Å². The Hall–Kier alpha value is -2.73. The first-order valence-corrected chi connectivity index (χ1v) is 12.0. The highest BCUT2D eigenvalue weighted by atomic mass is 127. The standard InChI is InChI=1S/C26H21Cl2IN2O3/c1-15-4-7-23(16(2)8-15)31-26(32)19(13-30)9-18-11-22(29)25(24(12-18)33-3)34-14-17-5-6-20(27)21(28)10-17/h4-12H,14H2,1-3H3,(H,31,32)/b19-9+. The molecule has 1 N–H and O–H groups in total. The monoisotopic (exact) mass is 606 g/mol. The van der Waals surface area contributed by atoms with Gasteiger partial charge in [-0.15, -0.1) is 0 Å². The van der Waals surface area contributed by atoms with Crippen molar-refractivity contribution in [2.75, 3.05) is 12.4 Å². The molecule has 0 saturated carbocycles. The maximum atomic E-state index is 12.7. The van der Waals surface area contributed by atoms with Gasteiger partial charge in [-0.1, -0.05) is 47.0 Å². The number of methoxy groups -OCH3 is 1. The van der Waals surface area contributed by atoms with E-state index >= 15 is 0 Å². The fraction of sp³-hybridized carbons (Fsp3) is 0.154. The highest BCUT2D eigenvalue weighted by molar-refractivity contribution is 14.1. The van der Waals surface area contributed by atoms with Gasteiger partial charge in [0.1, 0.15) is 18.2 Å². The Morgan fingerprint density at radius 3 is 2.53 bits per heavy atom. The van der Waals surface area contributed by atoms with Gasteiger partial charge in [-0.3, -0.25) is 4.79 Å². The van der Waals surface area contributed by atoms with Crippen LogP contribution in [-0.4, -0.2) is 13.0 Å². The van der Waals surface area contributed by atoms with Gasteiger partial charge in [-0.05, 0) is 89.5 Å². The molecule has 0 fully saturated rings. The van der Waals surface area contributed by atoms with Crippen LogP contribution in [-0.2, 0) is 11.4 Å². The molecular formula is C26H21Cl2IN2O3. The summed E-state index contributed by atoms with van der Waals surface area (Å²) < 4.78 is 12.2. The number of ether oxygens (including phenoxy) is 2. The highest BCUT2D eigenvalue weighted by Crippen LogP contribution is 2.35. The van der Waals surface area contributed by atoms with E-state index in [2.05, 4.69) is 27.9 Å². The van der Waals surface area contributed by atoms with Crippen molar-refractivity contribution in [2.45, 2.75) is 20.5 Å². The van der Waals surface area contributed by atoms with Crippen LogP contribution in [0.2, 0.25) is 10.0 Å². The molecule has 3 rings (SSSR count). The number of amides is 1. The highest BCUT2D eigenvalue weighted by Gasteiger charge is 2.15. The minimum absolute atomic E-state index is 0.0256. The van der Waals surface area contributed by atoms with Crippen molar-refractivity contribution in [3.8, 4) is 17.6 Å². The summed E-state index contributed by atoms with van der Waals surface area (Å²) in [5, 5.41) is 13.3. The normalized spacial score (nSPS) is 11.0. The zero-order valence-electron chi connectivity index (χ0n) is 18.7. The molecule has 3 aromatic carbocycles. The number of anilines is 1. The summed E-state index contributed by atoms with van der Waals surface area (Å²) in [7, 11) is 1.53. The molecule has 0 saturated heterocycles. The molecule has 0 unspecified atom stereocenters. The van der Waals surface area contributed by atoms with E-state index in [-0.39, 0.29) is 12.2 Å². The summed E-state index contributed by atoms with van der Waals surface area (Å²) in [5.41, 5.74) is 4.14. The molecule has 0 aromatic heterocycles. The topological polar surface area (TPSA) is 71.3 Å². The molecule has 0 aliphatic heterocycles. The number of rotatable bonds is 7. The smallest absolute Gasteiger partial charge is 0.266 e. The average molecular weight is 607 g/mol. The van der Waals surface area contributed by atoms with Gasteiger partial charge < -0.3 is 14.8 Å². The van der Waals surface area contributed by atoms with E-state index in [4.69, 9.17) is 32.7 Å². The van der Waals surface area contributed by atoms with Crippen molar-refractivity contribution < 1.29 is 14.3 Å². The van der Waals surface area contributed by atoms with Crippen molar-refractivity contribution in [2.24, 2.45) is 0 Å². The Balaban J connectivity index is 1.83. The summed E-state index contributed by atoms with van der Waals surface area (Å²) in [6, 6.07) is 16.5. The summed E-state index contributed by atoms with van der Waals surface area (Å²) in [6.45, 7) is 4.15. The van der Waals surface area contributed by atoms with E-state index in [9.17, 15) is 10.1 Å². The third kappa shape index (κ3) is 6.44. The molecule has 3 aromatic rings. The number of aryl methyl sites for hydroxylation is 2. The van der Waals surface area contributed by atoms with E-state index in [1.807, 2.05) is 50.2 Å². The number of carbonyl (C=O) groups excluding carboxylic acids is 1. The van der Waals surface area contributed by atoms with Crippen LogP contribution < -0.4 is 14.8 Å². The second-order valence-corrected chi connectivity index (χ2v) is 9.49. The summed E-state index contributed by atoms with van der Waals surface area (Å²) in [4.78, 5) is 12.7. The van der Waals surface area contributed by atoms with Crippen molar-refractivity contribution in [1.82, 2.24) is 0 Å². The van der Waals surface area contributed by atoms with Gasteiger partial charge in [0.05, 0.1) is 20.7 Å². The predicted molar refractivity (Wildman–Crippen MR) is 145 cm³/mol. The summed E-state index contributed by atoms with van der Waals surface area (Å²) >= 11 is 14.2. The van der Waals surface area contributed by atoms with Crippen LogP contribution in [0.5, 0.6) is 11.5 Å². The molecule has 0 atom stereocenters. The molecule has 0 aliphatic rings. The van der Waals surface area contributed by atoms with Crippen LogP contribution in [0, 0.1) is 28.7 Å². The first-order chi connectivity index (χ1) is 16.2. The number of hydrogen-bond acceptors (Lipinski definition) is 4. The Morgan fingerprint density at radius 2 is 1.88 bits per heavy atom. The largest absolute Gasteiger partial charge is 0.493 e. The van der Waals surface area contributed by atoms with Crippen molar-refractivity contribution in [3.63, 3.8) is 0 Å². The van der Waals surface area contributed by atoms with Gasteiger partial charge in [0.25, 0.3) is 5.91 Å². The average Bonchev–Trinajstić information content (AvgIpc) is 2.80. The third-order valence-electron chi connectivity index (χ3n) is 4.93. The molecule has 0 heterocycles. The number of hydrogen-bond donors (Lipinski definition) is 1. The van der Waals surface area contributed by atoms with Gasteiger partial charge >= 0.3 is 0 Å². The van der Waals surface area contributed by atoms with Crippen LogP contribution in [0.15, 0.2) is 54.1 Å². The molecule has 34 heavy (non-hydrogen) atoms. The first-order valence-electron chi connectivity index (χ1n) is 10.2. The quantitative estimate of drug-likeness (QED) is 0.173. The van der Waals surface area contributed by atoms with Crippen LogP contribution in [0.3, 0.4) is 0 Å². The number of nitrogens with one attached hydrogen (secondary N) is 1. The minimum Gasteiger partial charge on any atom is -0.493 e. The predicted octanol–water partition coefficient (Wildman–Crippen LogP) is 7.35. The minimum atomic E-state index is -0.483. The Labute approximate surface area is 222 Å². The lowest BCUT2D eigenvalue weighted by Crippen LogP contribution is -2.14. The molecule has 1 amide bonds. The maximum Gasteiger partial charge on any atom is 0.266 e. The number of carbonyl (C=O) groups is 1. The Morgan fingerprint density at radius 1 is 1.12 bits per heavy atom. The van der Waals surface area contributed by atoms with E-state index in [0.717, 1.165) is 20.3 Å². The SMILES string of the molecule is COc1cc(/C=C(\C#N)C(=O)Nc2ccc(C)cc2C)cc(I)c1OCc1ccc(Cl)c(Cl)c1. The van der Waals surface area contributed by atoms with Crippen LogP contribution in [0.1, 0.15) is 22.3 Å². The molecule has 0 spiro atoms. The van der Waals surface area contributed by atoms with Crippen LogP contribution in [0.4, 0.5) is 5.69 Å². The zero-order chi connectivity index (χ0) is 24.8. The Bertz CT molecular complexity index is 1320.